The van der Waals surface area contributed by atoms with E-state index in [0.29, 0.717) is 6.61 Å². The van der Waals surface area contributed by atoms with Crippen molar-refractivity contribution in [1.82, 2.24) is 9.88 Å². The summed E-state index contributed by atoms with van der Waals surface area (Å²) in [6, 6.07) is 11.3. The van der Waals surface area contributed by atoms with Crippen molar-refractivity contribution in [2.45, 2.75) is 26.3 Å². The first-order valence-electron chi connectivity index (χ1n) is 9.04. The highest BCUT2D eigenvalue weighted by Gasteiger charge is 2.23. The number of hydrogen-bond donors (Lipinski definition) is 1. The smallest absolute Gasteiger partial charge is 0.241 e. The Kier molecular flexibility index (Phi) is 6.02. The molecule has 1 unspecified atom stereocenters. The Hall–Kier alpha value is -2.66. The molecule has 0 radical (unpaired) electrons. The van der Waals surface area contributed by atoms with Gasteiger partial charge in [0.1, 0.15) is 5.75 Å². The van der Waals surface area contributed by atoms with E-state index in [1.807, 2.05) is 50.4 Å². The highest BCUT2D eigenvalue weighted by Crippen LogP contribution is 2.23. The van der Waals surface area contributed by atoms with Gasteiger partial charge in [-0.2, -0.15) is 0 Å². The highest BCUT2D eigenvalue weighted by atomic mass is 16.5. The molecule has 1 aromatic heterocycles. The summed E-state index contributed by atoms with van der Waals surface area (Å²) >= 11 is 0. The minimum absolute atomic E-state index is 0.00684. The molecule has 1 atom stereocenters. The number of aromatic nitrogens is 1. The topological polar surface area (TPSA) is 54.5 Å². The first-order chi connectivity index (χ1) is 12.7. The molecule has 136 valence electrons. The van der Waals surface area contributed by atoms with Crippen LogP contribution in [0.1, 0.15) is 25.8 Å². The average molecular weight is 351 g/mol. The largest absolute Gasteiger partial charge is 0.494 e. The van der Waals surface area contributed by atoms with Crippen molar-refractivity contribution < 1.29 is 9.53 Å². The van der Waals surface area contributed by atoms with Crippen LogP contribution in [0.2, 0.25) is 0 Å². The molecule has 0 saturated carbocycles. The Morgan fingerprint density at radius 3 is 2.73 bits per heavy atom. The molecule has 2 aromatic rings. The number of amides is 1. The van der Waals surface area contributed by atoms with Crippen molar-refractivity contribution in [1.29, 1.82) is 0 Å². The summed E-state index contributed by atoms with van der Waals surface area (Å²) in [6.45, 7) is 6.16. The lowest BCUT2D eigenvalue weighted by atomic mass is 10.0. The number of hydrogen-bond acceptors (Lipinski definition) is 4. The second-order valence-corrected chi connectivity index (χ2v) is 6.34. The summed E-state index contributed by atoms with van der Waals surface area (Å²) in [5.74, 6) is 0.815. The van der Waals surface area contributed by atoms with Crippen LogP contribution < -0.4 is 10.1 Å². The van der Waals surface area contributed by atoms with Gasteiger partial charge >= 0.3 is 0 Å². The average Bonchev–Trinajstić information content (AvgIpc) is 2.70. The summed E-state index contributed by atoms with van der Waals surface area (Å²) in [7, 11) is 0. The molecule has 2 heterocycles. The Morgan fingerprint density at radius 2 is 2.12 bits per heavy atom. The van der Waals surface area contributed by atoms with E-state index >= 15 is 0 Å². The number of benzene rings is 1. The minimum Gasteiger partial charge on any atom is -0.494 e. The zero-order chi connectivity index (χ0) is 18.4. The van der Waals surface area contributed by atoms with Gasteiger partial charge in [-0.1, -0.05) is 12.1 Å². The molecule has 0 bridgehead atoms. The van der Waals surface area contributed by atoms with Crippen LogP contribution in [-0.2, 0) is 4.79 Å². The van der Waals surface area contributed by atoms with E-state index in [9.17, 15) is 4.79 Å². The maximum absolute atomic E-state index is 12.6. The third kappa shape index (κ3) is 4.49. The number of pyridine rings is 1. The molecule has 26 heavy (non-hydrogen) atoms. The van der Waals surface area contributed by atoms with E-state index < -0.39 is 0 Å². The van der Waals surface area contributed by atoms with Gasteiger partial charge in [0.05, 0.1) is 12.6 Å². The number of anilines is 1. The van der Waals surface area contributed by atoms with Gasteiger partial charge in [0, 0.05) is 31.2 Å². The first-order valence-corrected chi connectivity index (χ1v) is 9.04. The molecule has 0 spiro atoms. The van der Waals surface area contributed by atoms with Crippen LogP contribution in [0, 0.1) is 0 Å². The quantitative estimate of drug-likeness (QED) is 0.864. The summed E-state index contributed by atoms with van der Waals surface area (Å²) in [6.07, 6.45) is 6.80. The predicted molar refractivity (Wildman–Crippen MR) is 104 cm³/mol. The molecule has 1 aromatic carbocycles. The molecule has 1 aliphatic heterocycles. The van der Waals surface area contributed by atoms with Gasteiger partial charge < -0.3 is 10.1 Å². The second-order valence-electron chi connectivity index (χ2n) is 6.34. The molecular weight excluding hydrogens is 326 g/mol. The van der Waals surface area contributed by atoms with Crippen LogP contribution >= 0.6 is 0 Å². The second kappa shape index (κ2) is 8.63. The highest BCUT2D eigenvalue weighted by molar-refractivity contribution is 5.94. The van der Waals surface area contributed by atoms with E-state index in [-0.39, 0.29) is 11.9 Å². The Bertz CT molecular complexity index is 757. The van der Waals surface area contributed by atoms with E-state index in [1.165, 1.54) is 11.1 Å². The molecule has 1 N–H and O–H groups in total. The zero-order valence-electron chi connectivity index (χ0n) is 15.3. The maximum Gasteiger partial charge on any atom is 0.241 e. The molecule has 5 heteroatoms. The van der Waals surface area contributed by atoms with Crippen molar-refractivity contribution in [2.24, 2.45) is 0 Å². The third-order valence-corrected chi connectivity index (χ3v) is 4.63. The van der Waals surface area contributed by atoms with Crippen LogP contribution in [0.4, 0.5) is 5.69 Å². The van der Waals surface area contributed by atoms with Crippen molar-refractivity contribution in [3.63, 3.8) is 0 Å². The number of carbonyl (C=O) groups is 1. The van der Waals surface area contributed by atoms with Crippen LogP contribution in [0.25, 0.3) is 5.57 Å². The third-order valence-electron chi connectivity index (χ3n) is 4.63. The fraction of sp³-hybridized carbons (Fsp3) is 0.333. The van der Waals surface area contributed by atoms with Crippen molar-refractivity contribution in [3.05, 3.63) is 60.4 Å². The number of nitrogens with one attached hydrogen (secondary N) is 1. The standard InChI is InChI=1S/C21H25N3O2/c1-3-26-20-8-6-19(7-9-20)23-21(25)16(2)24-13-10-17(11-14-24)18-5-4-12-22-15-18/h4-10,12,15-16H,3,11,13-14H2,1-2H3,(H,23,25). The fourth-order valence-corrected chi connectivity index (χ4v) is 3.07. The summed E-state index contributed by atoms with van der Waals surface area (Å²) in [5.41, 5.74) is 3.25. The number of rotatable bonds is 6. The summed E-state index contributed by atoms with van der Waals surface area (Å²) < 4.78 is 5.42. The van der Waals surface area contributed by atoms with Crippen molar-refractivity contribution in [3.8, 4) is 5.75 Å². The SMILES string of the molecule is CCOc1ccc(NC(=O)C(C)N2CC=C(c3cccnc3)CC2)cc1. The monoisotopic (exact) mass is 351 g/mol. The molecule has 5 nitrogen and oxygen atoms in total. The van der Waals surface area contributed by atoms with Crippen LogP contribution in [0.15, 0.2) is 54.9 Å². The Morgan fingerprint density at radius 1 is 1.31 bits per heavy atom. The molecule has 1 aliphatic rings. The first kappa shape index (κ1) is 18.1. The summed E-state index contributed by atoms with van der Waals surface area (Å²) in [4.78, 5) is 18.9. The lowest BCUT2D eigenvalue weighted by molar-refractivity contribution is -0.120. The molecule has 0 fully saturated rings. The number of carbonyl (C=O) groups excluding carboxylic acids is 1. The predicted octanol–water partition coefficient (Wildman–Crippen LogP) is 3.60. The van der Waals surface area contributed by atoms with Crippen LogP contribution in [0.5, 0.6) is 5.75 Å². The molecule has 0 aliphatic carbocycles. The van der Waals surface area contributed by atoms with Crippen molar-refractivity contribution in [2.75, 3.05) is 25.0 Å². The minimum atomic E-state index is -0.187. The number of nitrogens with zero attached hydrogens (tertiary/aromatic N) is 2. The molecule has 1 amide bonds. The van der Waals surface area contributed by atoms with Gasteiger partial charge in [0.2, 0.25) is 5.91 Å². The van der Waals surface area contributed by atoms with Crippen molar-refractivity contribution >= 4 is 17.2 Å². The van der Waals surface area contributed by atoms with Gasteiger partial charge in [-0.05, 0) is 61.7 Å². The fourth-order valence-electron chi connectivity index (χ4n) is 3.07. The van der Waals surface area contributed by atoms with E-state index in [2.05, 4.69) is 27.3 Å². The van der Waals surface area contributed by atoms with Crippen LogP contribution in [0.3, 0.4) is 0 Å². The Labute approximate surface area is 154 Å². The summed E-state index contributed by atoms with van der Waals surface area (Å²) in [5, 5.41) is 2.98. The molecule has 0 saturated heterocycles. The van der Waals surface area contributed by atoms with E-state index in [4.69, 9.17) is 4.74 Å². The van der Waals surface area contributed by atoms with Gasteiger partial charge in [0.25, 0.3) is 0 Å². The number of ether oxygens (including phenoxy) is 1. The van der Waals surface area contributed by atoms with Gasteiger partial charge in [-0.25, -0.2) is 0 Å². The normalized spacial score (nSPS) is 15.8. The zero-order valence-corrected chi connectivity index (χ0v) is 15.3. The Balaban J connectivity index is 1.56. The lowest BCUT2D eigenvalue weighted by Gasteiger charge is -2.31. The molecular formula is C21H25N3O2. The lowest BCUT2D eigenvalue weighted by Crippen LogP contribution is -2.44. The van der Waals surface area contributed by atoms with Gasteiger partial charge in [0.15, 0.2) is 0 Å². The maximum atomic E-state index is 12.6. The van der Waals surface area contributed by atoms with E-state index in [0.717, 1.165) is 30.9 Å². The van der Waals surface area contributed by atoms with Gasteiger partial charge in [-0.3, -0.25) is 14.7 Å². The molecule has 3 rings (SSSR count). The van der Waals surface area contributed by atoms with E-state index in [1.54, 1.807) is 6.20 Å². The van der Waals surface area contributed by atoms with Gasteiger partial charge in [-0.15, -0.1) is 0 Å². The van der Waals surface area contributed by atoms with Crippen LogP contribution in [-0.4, -0.2) is 41.5 Å².